The molecule has 19 heavy (non-hydrogen) atoms. The zero-order chi connectivity index (χ0) is 13.9. The zero-order valence-corrected chi connectivity index (χ0v) is 13.2. The third kappa shape index (κ3) is 3.56. The molecule has 2 rings (SSSR count). The fourth-order valence-corrected chi connectivity index (χ4v) is 5.17. The number of thiophene rings is 1. The second kappa shape index (κ2) is 6.35. The van der Waals surface area contributed by atoms with Crippen LogP contribution in [0.3, 0.4) is 0 Å². The molecule has 0 aliphatic heterocycles. The molecular weight excluding hydrogens is 280 g/mol. The Labute approximate surface area is 119 Å². The highest BCUT2D eigenvalue weighted by Crippen LogP contribution is 2.33. The lowest BCUT2D eigenvalue weighted by Gasteiger charge is -2.21. The summed E-state index contributed by atoms with van der Waals surface area (Å²) in [5, 5.41) is 4.90. The van der Waals surface area contributed by atoms with Crippen molar-refractivity contribution in [3.63, 3.8) is 0 Å². The van der Waals surface area contributed by atoms with E-state index >= 15 is 0 Å². The molecule has 1 N–H and O–H groups in total. The van der Waals surface area contributed by atoms with Crippen LogP contribution in [-0.2, 0) is 16.6 Å². The second-order valence-electron chi connectivity index (χ2n) is 5.04. The summed E-state index contributed by atoms with van der Waals surface area (Å²) in [6, 6.07) is 1.74. The maximum atomic E-state index is 12.7. The monoisotopic (exact) mass is 302 g/mol. The molecule has 6 heteroatoms. The topological polar surface area (TPSA) is 49.4 Å². The second-order valence-corrected chi connectivity index (χ2v) is 7.95. The molecule has 1 aliphatic rings. The van der Waals surface area contributed by atoms with Crippen LogP contribution < -0.4 is 5.32 Å². The highest BCUT2D eigenvalue weighted by molar-refractivity contribution is 7.89. The third-order valence-corrected chi connectivity index (χ3v) is 6.29. The Kier molecular flexibility index (Phi) is 5.00. The highest BCUT2D eigenvalue weighted by atomic mass is 32.2. The molecule has 108 valence electrons. The van der Waals surface area contributed by atoms with E-state index in [2.05, 4.69) is 5.32 Å². The highest BCUT2D eigenvalue weighted by Gasteiger charge is 2.32. The molecule has 0 bridgehead atoms. The molecule has 0 atom stereocenters. The smallest absolute Gasteiger partial charge is 0.244 e. The normalized spacial score (nSPS) is 16.2. The van der Waals surface area contributed by atoms with Crippen molar-refractivity contribution < 1.29 is 8.42 Å². The maximum Gasteiger partial charge on any atom is 0.244 e. The Morgan fingerprint density at radius 2 is 2.21 bits per heavy atom. The van der Waals surface area contributed by atoms with Crippen molar-refractivity contribution in [2.24, 2.45) is 5.92 Å². The van der Waals surface area contributed by atoms with E-state index in [4.69, 9.17) is 0 Å². The van der Waals surface area contributed by atoms with Gasteiger partial charge in [-0.3, -0.25) is 0 Å². The van der Waals surface area contributed by atoms with Gasteiger partial charge in [-0.15, -0.1) is 11.3 Å². The van der Waals surface area contributed by atoms with E-state index in [9.17, 15) is 8.42 Å². The predicted octanol–water partition coefficient (Wildman–Crippen LogP) is 2.28. The molecule has 1 aliphatic carbocycles. The van der Waals surface area contributed by atoms with Gasteiger partial charge in [-0.2, -0.15) is 4.31 Å². The van der Waals surface area contributed by atoms with Crippen LogP contribution >= 0.6 is 11.3 Å². The van der Waals surface area contributed by atoms with Crippen molar-refractivity contribution >= 4 is 21.4 Å². The van der Waals surface area contributed by atoms with Gasteiger partial charge in [0.15, 0.2) is 0 Å². The lowest BCUT2D eigenvalue weighted by molar-refractivity contribution is 0.395. The minimum atomic E-state index is -3.32. The summed E-state index contributed by atoms with van der Waals surface area (Å²) in [4.78, 5) is 1.39. The largest absolute Gasteiger partial charge is 0.315 e. The quantitative estimate of drug-likeness (QED) is 0.801. The van der Waals surface area contributed by atoms with Crippen molar-refractivity contribution in [3.05, 3.63) is 16.3 Å². The van der Waals surface area contributed by atoms with Gasteiger partial charge in [-0.05, 0) is 43.7 Å². The number of hydrogen-bond donors (Lipinski definition) is 1. The SMILES string of the molecule is CCCN(CC1CC1)S(=O)(=O)c1ccsc1CNC. The van der Waals surface area contributed by atoms with Crippen molar-refractivity contribution in [1.82, 2.24) is 9.62 Å². The lowest BCUT2D eigenvalue weighted by atomic mass is 10.4. The van der Waals surface area contributed by atoms with Gasteiger partial charge in [0.25, 0.3) is 0 Å². The van der Waals surface area contributed by atoms with Crippen LogP contribution in [0.4, 0.5) is 0 Å². The summed E-state index contributed by atoms with van der Waals surface area (Å²) >= 11 is 1.50. The molecule has 0 unspecified atom stereocenters. The van der Waals surface area contributed by atoms with Gasteiger partial charge in [0, 0.05) is 24.5 Å². The summed E-state index contributed by atoms with van der Waals surface area (Å²) in [6.45, 7) is 3.94. The van der Waals surface area contributed by atoms with Gasteiger partial charge >= 0.3 is 0 Å². The van der Waals surface area contributed by atoms with Crippen LogP contribution in [0, 0.1) is 5.92 Å². The standard InChI is InChI=1S/C13H22N2O2S2/c1-3-7-15(10-11-4-5-11)19(16,17)13-6-8-18-12(13)9-14-2/h6,8,11,14H,3-5,7,9-10H2,1-2H3. The van der Waals surface area contributed by atoms with Gasteiger partial charge in [-0.25, -0.2) is 8.42 Å². The molecule has 1 saturated carbocycles. The summed E-state index contributed by atoms with van der Waals surface area (Å²) in [7, 11) is -1.49. The summed E-state index contributed by atoms with van der Waals surface area (Å²) in [6.07, 6.45) is 3.20. The predicted molar refractivity (Wildman–Crippen MR) is 78.9 cm³/mol. The molecular formula is C13H22N2O2S2. The molecule has 4 nitrogen and oxygen atoms in total. The van der Waals surface area contributed by atoms with Crippen molar-refractivity contribution in [3.8, 4) is 0 Å². The van der Waals surface area contributed by atoms with Gasteiger partial charge < -0.3 is 5.32 Å². The first-order valence-electron chi connectivity index (χ1n) is 6.80. The Morgan fingerprint density at radius 3 is 2.79 bits per heavy atom. The zero-order valence-electron chi connectivity index (χ0n) is 11.6. The van der Waals surface area contributed by atoms with Crippen molar-refractivity contribution in [2.45, 2.75) is 37.6 Å². The van der Waals surface area contributed by atoms with E-state index in [0.29, 0.717) is 30.4 Å². The summed E-state index contributed by atoms with van der Waals surface area (Å²) < 4.78 is 27.2. The van der Waals surface area contributed by atoms with Crippen LogP contribution in [-0.4, -0.2) is 32.9 Å². The van der Waals surface area contributed by atoms with E-state index in [0.717, 1.165) is 11.3 Å². The average Bonchev–Trinajstić information content (AvgIpc) is 3.06. The fourth-order valence-electron chi connectivity index (χ4n) is 2.13. The molecule has 1 aromatic rings. The fraction of sp³-hybridized carbons (Fsp3) is 0.692. The van der Waals surface area contributed by atoms with Crippen LogP contribution in [0.5, 0.6) is 0 Å². The van der Waals surface area contributed by atoms with Gasteiger partial charge in [0.1, 0.15) is 0 Å². The first-order chi connectivity index (χ1) is 9.09. The van der Waals surface area contributed by atoms with Crippen molar-refractivity contribution in [2.75, 3.05) is 20.1 Å². The van der Waals surface area contributed by atoms with E-state index < -0.39 is 10.0 Å². The number of nitrogens with one attached hydrogen (secondary N) is 1. The lowest BCUT2D eigenvalue weighted by Crippen LogP contribution is -2.34. The van der Waals surface area contributed by atoms with E-state index in [1.807, 2.05) is 19.4 Å². The van der Waals surface area contributed by atoms with Crippen molar-refractivity contribution in [1.29, 1.82) is 0 Å². The Bertz CT molecular complexity index is 506. The molecule has 1 heterocycles. The van der Waals surface area contributed by atoms with Crippen LogP contribution in [0.2, 0.25) is 0 Å². The van der Waals surface area contributed by atoms with Crippen LogP contribution in [0.15, 0.2) is 16.3 Å². The Hall–Kier alpha value is -0.430. The summed E-state index contributed by atoms with van der Waals surface area (Å²) in [5.41, 5.74) is 0. The molecule has 0 saturated heterocycles. The van der Waals surface area contributed by atoms with E-state index in [1.54, 1.807) is 10.4 Å². The number of sulfonamides is 1. The van der Waals surface area contributed by atoms with Gasteiger partial charge in [-0.1, -0.05) is 6.92 Å². The number of rotatable bonds is 8. The summed E-state index contributed by atoms with van der Waals surface area (Å²) in [5.74, 6) is 0.577. The molecule has 1 fully saturated rings. The number of nitrogens with zero attached hydrogens (tertiary/aromatic N) is 1. The Balaban J connectivity index is 2.23. The van der Waals surface area contributed by atoms with E-state index in [-0.39, 0.29) is 0 Å². The minimum absolute atomic E-state index is 0.487. The van der Waals surface area contributed by atoms with E-state index in [1.165, 1.54) is 24.2 Å². The van der Waals surface area contributed by atoms with Crippen LogP contribution in [0.1, 0.15) is 31.1 Å². The Morgan fingerprint density at radius 1 is 1.47 bits per heavy atom. The third-order valence-electron chi connectivity index (χ3n) is 3.29. The van der Waals surface area contributed by atoms with Crippen LogP contribution in [0.25, 0.3) is 0 Å². The molecule has 0 amide bonds. The first-order valence-corrected chi connectivity index (χ1v) is 9.12. The molecule has 0 spiro atoms. The first kappa shape index (κ1) is 15.0. The number of hydrogen-bond acceptors (Lipinski definition) is 4. The maximum absolute atomic E-state index is 12.7. The minimum Gasteiger partial charge on any atom is -0.315 e. The average molecular weight is 302 g/mol. The van der Waals surface area contributed by atoms with Gasteiger partial charge in [0.2, 0.25) is 10.0 Å². The molecule has 0 radical (unpaired) electrons. The van der Waals surface area contributed by atoms with Gasteiger partial charge in [0.05, 0.1) is 4.90 Å². The molecule has 0 aromatic carbocycles. The molecule has 1 aromatic heterocycles.